The highest BCUT2D eigenvalue weighted by Crippen LogP contribution is 2.07. The number of rotatable bonds is 16. The predicted octanol–water partition coefficient (Wildman–Crippen LogP) is 1.47. The van der Waals surface area contributed by atoms with Gasteiger partial charge in [0.05, 0.1) is 0 Å². The summed E-state index contributed by atoms with van der Waals surface area (Å²) in [6.07, 6.45) is 7.17. The summed E-state index contributed by atoms with van der Waals surface area (Å²) >= 11 is 0. The number of hydroxylamine groups is 1. The lowest BCUT2D eigenvalue weighted by Crippen LogP contribution is -2.45. The molecule has 8 nitrogen and oxygen atoms in total. The molecule has 8 N–H and O–H groups in total. The van der Waals surface area contributed by atoms with Gasteiger partial charge in [-0.1, -0.05) is 18.6 Å². The monoisotopic (exact) mass is 407 g/mol. The third kappa shape index (κ3) is 12.1. The highest BCUT2D eigenvalue weighted by molar-refractivity contribution is 5.86. The van der Waals surface area contributed by atoms with Crippen LogP contribution >= 0.6 is 0 Å². The normalized spacial score (nSPS) is 11.8. The number of hydrogen-bond acceptors (Lipinski definition) is 6. The van der Waals surface area contributed by atoms with Gasteiger partial charge in [0.15, 0.2) is 0 Å². The number of aryl methyl sites for hydroxylation is 1. The second-order valence-corrected chi connectivity index (χ2v) is 7.29. The minimum Gasteiger partial charge on any atom is -0.399 e. The van der Waals surface area contributed by atoms with Crippen LogP contribution in [0.3, 0.4) is 0 Å². The summed E-state index contributed by atoms with van der Waals surface area (Å²) in [6, 6.07) is 7.28. The molecule has 0 aromatic heterocycles. The van der Waals surface area contributed by atoms with Crippen molar-refractivity contribution in [3.8, 4) is 0 Å². The lowest BCUT2D eigenvalue weighted by Gasteiger charge is -2.16. The second kappa shape index (κ2) is 15.7. The number of nitrogens with one attached hydrogen (secondary N) is 3. The number of nitrogen functional groups attached to an aromatic ring is 1. The van der Waals surface area contributed by atoms with Gasteiger partial charge in [-0.3, -0.25) is 14.8 Å². The van der Waals surface area contributed by atoms with E-state index in [0.717, 1.165) is 63.7 Å². The maximum atomic E-state index is 12.0. The molecule has 0 fully saturated rings. The molecule has 0 heterocycles. The maximum Gasteiger partial charge on any atom is 0.265 e. The van der Waals surface area contributed by atoms with E-state index >= 15 is 0 Å². The second-order valence-electron chi connectivity index (χ2n) is 7.29. The summed E-state index contributed by atoms with van der Waals surface area (Å²) in [7, 11) is 0. The molecule has 164 valence electrons. The van der Waals surface area contributed by atoms with E-state index in [9.17, 15) is 9.59 Å². The summed E-state index contributed by atoms with van der Waals surface area (Å²) < 4.78 is 0. The van der Waals surface area contributed by atoms with Crippen molar-refractivity contribution >= 4 is 17.5 Å². The molecule has 29 heavy (non-hydrogen) atoms. The number of carbonyl (C=O) groups excluding carboxylic acids is 2. The standard InChI is InChI=1S/C21H37N5O3/c22-14-4-3-8-19(21(28)26-29)25-20(27)9-2-1-5-15-24-16-6-7-17-10-12-18(23)13-11-17/h10-13,19,24,29H,1-9,14-16,22-23H2,(H,25,27)(H,26,28). The summed E-state index contributed by atoms with van der Waals surface area (Å²) in [4.78, 5) is 23.6. The van der Waals surface area contributed by atoms with Gasteiger partial charge >= 0.3 is 0 Å². The maximum absolute atomic E-state index is 12.0. The van der Waals surface area contributed by atoms with Gasteiger partial charge in [-0.15, -0.1) is 0 Å². The molecular weight excluding hydrogens is 370 g/mol. The molecule has 1 atom stereocenters. The fraction of sp³-hybridized carbons (Fsp3) is 0.619. The zero-order valence-electron chi connectivity index (χ0n) is 17.3. The number of benzene rings is 1. The Hall–Kier alpha value is -2.16. The summed E-state index contributed by atoms with van der Waals surface area (Å²) in [5, 5.41) is 14.9. The Balaban J connectivity index is 2.04. The first-order valence-corrected chi connectivity index (χ1v) is 10.5. The molecule has 2 amide bonds. The molecule has 1 rings (SSSR count). The van der Waals surface area contributed by atoms with Crippen LogP contribution in [-0.2, 0) is 16.0 Å². The molecule has 1 aromatic rings. The van der Waals surface area contributed by atoms with E-state index in [-0.39, 0.29) is 5.91 Å². The van der Waals surface area contributed by atoms with Crippen molar-refractivity contribution in [3.05, 3.63) is 29.8 Å². The molecule has 0 radical (unpaired) electrons. The van der Waals surface area contributed by atoms with Crippen LogP contribution in [0.1, 0.15) is 56.9 Å². The first-order chi connectivity index (χ1) is 14.1. The van der Waals surface area contributed by atoms with Gasteiger partial charge in [-0.05, 0) is 82.3 Å². The van der Waals surface area contributed by atoms with E-state index in [1.54, 1.807) is 5.48 Å². The van der Waals surface area contributed by atoms with Gasteiger partial charge < -0.3 is 22.1 Å². The molecule has 0 bridgehead atoms. The van der Waals surface area contributed by atoms with Crippen molar-refractivity contribution in [2.24, 2.45) is 5.73 Å². The lowest BCUT2D eigenvalue weighted by atomic mass is 10.1. The molecule has 0 saturated heterocycles. The molecule has 1 unspecified atom stereocenters. The molecule has 0 saturated carbocycles. The highest BCUT2D eigenvalue weighted by Gasteiger charge is 2.19. The zero-order valence-corrected chi connectivity index (χ0v) is 17.3. The number of anilines is 1. The van der Waals surface area contributed by atoms with Crippen LogP contribution in [0.2, 0.25) is 0 Å². The van der Waals surface area contributed by atoms with Crippen molar-refractivity contribution in [1.82, 2.24) is 16.1 Å². The van der Waals surface area contributed by atoms with Gasteiger partial charge in [-0.2, -0.15) is 0 Å². The SMILES string of the molecule is NCCCCC(NC(=O)CCCCCNCCCc1ccc(N)cc1)C(=O)NO. The summed E-state index contributed by atoms with van der Waals surface area (Å²) in [6.45, 7) is 2.43. The Labute approximate surface area is 173 Å². The molecule has 0 spiro atoms. The van der Waals surface area contributed by atoms with Crippen LogP contribution in [0.5, 0.6) is 0 Å². The Bertz CT molecular complexity index is 580. The van der Waals surface area contributed by atoms with E-state index in [1.807, 2.05) is 12.1 Å². The van der Waals surface area contributed by atoms with E-state index in [4.69, 9.17) is 16.7 Å². The Kier molecular flexibility index (Phi) is 13.5. The van der Waals surface area contributed by atoms with Crippen molar-refractivity contribution in [2.45, 2.75) is 63.8 Å². The average molecular weight is 408 g/mol. The zero-order chi connectivity index (χ0) is 21.3. The lowest BCUT2D eigenvalue weighted by molar-refractivity contribution is -0.135. The quantitative estimate of drug-likeness (QED) is 0.106. The fourth-order valence-electron chi connectivity index (χ4n) is 3.05. The largest absolute Gasteiger partial charge is 0.399 e. The van der Waals surface area contributed by atoms with Gasteiger partial charge in [0, 0.05) is 12.1 Å². The van der Waals surface area contributed by atoms with Crippen molar-refractivity contribution in [1.29, 1.82) is 0 Å². The third-order valence-corrected chi connectivity index (χ3v) is 4.76. The van der Waals surface area contributed by atoms with Gasteiger partial charge in [0.1, 0.15) is 6.04 Å². The van der Waals surface area contributed by atoms with Crippen LogP contribution in [0, 0.1) is 0 Å². The number of nitrogens with two attached hydrogens (primary N) is 2. The van der Waals surface area contributed by atoms with E-state index in [0.29, 0.717) is 19.4 Å². The van der Waals surface area contributed by atoms with Crippen LogP contribution in [0.25, 0.3) is 0 Å². The molecule has 0 aliphatic carbocycles. The summed E-state index contributed by atoms with van der Waals surface area (Å²) in [5.74, 6) is -0.749. The molecule has 0 aliphatic rings. The predicted molar refractivity (Wildman–Crippen MR) is 115 cm³/mol. The average Bonchev–Trinajstić information content (AvgIpc) is 2.72. The Morgan fingerprint density at radius 3 is 2.38 bits per heavy atom. The number of carbonyl (C=O) groups is 2. The van der Waals surface area contributed by atoms with Gasteiger partial charge in [0.25, 0.3) is 5.91 Å². The Morgan fingerprint density at radius 1 is 0.966 bits per heavy atom. The topological polar surface area (TPSA) is 142 Å². The molecular formula is C21H37N5O3. The van der Waals surface area contributed by atoms with Crippen LogP contribution < -0.4 is 27.6 Å². The minimum atomic E-state index is -0.707. The van der Waals surface area contributed by atoms with E-state index < -0.39 is 11.9 Å². The fourth-order valence-corrected chi connectivity index (χ4v) is 3.05. The van der Waals surface area contributed by atoms with Crippen molar-refractivity contribution < 1.29 is 14.8 Å². The Morgan fingerprint density at radius 2 is 1.69 bits per heavy atom. The van der Waals surface area contributed by atoms with Gasteiger partial charge in [0.2, 0.25) is 5.91 Å². The molecule has 8 heteroatoms. The van der Waals surface area contributed by atoms with E-state index in [1.165, 1.54) is 5.56 Å². The van der Waals surface area contributed by atoms with Crippen LogP contribution in [0.4, 0.5) is 5.69 Å². The van der Waals surface area contributed by atoms with E-state index in [2.05, 4.69) is 22.8 Å². The van der Waals surface area contributed by atoms with Crippen molar-refractivity contribution in [3.63, 3.8) is 0 Å². The number of hydrogen-bond donors (Lipinski definition) is 6. The molecule has 1 aromatic carbocycles. The first-order valence-electron chi connectivity index (χ1n) is 10.5. The highest BCUT2D eigenvalue weighted by atomic mass is 16.5. The smallest absolute Gasteiger partial charge is 0.265 e. The number of amides is 2. The number of unbranched alkanes of at least 4 members (excludes halogenated alkanes) is 3. The minimum absolute atomic E-state index is 0.164. The third-order valence-electron chi connectivity index (χ3n) is 4.76. The summed E-state index contributed by atoms with van der Waals surface area (Å²) in [5.41, 5.74) is 14.8. The van der Waals surface area contributed by atoms with Crippen LogP contribution in [-0.4, -0.2) is 42.7 Å². The van der Waals surface area contributed by atoms with Crippen LogP contribution in [0.15, 0.2) is 24.3 Å². The first kappa shape index (κ1) is 24.9. The van der Waals surface area contributed by atoms with Gasteiger partial charge in [-0.25, -0.2) is 5.48 Å². The molecule has 0 aliphatic heterocycles. The van der Waals surface area contributed by atoms with Crippen molar-refractivity contribution in [2.75, 3.05) is 25.4 Å².